The van der Waals surface area contributed by atoms with E-state index in [-0.39, 0.29) is 29.8 Å². The monoisotopic (exact) mass is 492 g/mol. The van der Waals surface area contributed by atoms with Crippen LogP contribution in [0.3, 0.4) is 0 Å². The van der Waals surface area contributed by atoms with Crippen LogP contribution >= 0.6 is 11.3 Å². The summed E-state index contributed by atoms with van der Waals surface area (Å²) in [7, 11) is 1.46. The van der Waals surface area contributed by atoms with E-state index in [4.69, 9.17) is 4.74 Å². The number of methoxy groups -OCH3 is 1. The van der Waals surface area contributed by atoms with Crippen molar-refractivity contribution in [2.75, 3.05) is 18.6 Å². The van der Waals surface area contributed by atoms with E-state index in [1.165, 1.54) is 30.7 Å². The summed E-state index contributed by atoms with van der Waals surface area (Å²) >= 11 is 1.17. The van der Waals surface area contributed by atoms with Crippen molar-refractivity contribution in [1.82, 2.24) is 15.3 Å². The number of nitrogens with zero attached hydrogens (tertiary/aromatic N) is 2. The Morgan fingerprint density at radius 3 is 2.83 bits per heavy atom. The molecule has 9 heteroatoms. The highest BCUT2D eigenvalue weighted by Gasteiger charge is 2.26. The molecule has 4 aromatic rings. The molecule has 5 rings (SSSR count). The van der Waals surface area contributed by atoms with Crippen molar-refractivity contribution >= 4 is 39.2 Å². The van der Waals surface area contributed by atoms with Crippen molar-refractivity contribution in [3.63, 3.8) is 0 Å². The molecule has 7 nitrogen and oxygen atoms in total. The molecule has 2 aromatic heterocycles. The molecule has 1 aliphatic rings. The summed E-state index contributed by atoms with van der Waals surface area (Å²) in [6.45, 7) is 0.343. The average Bonchev–Trinajstić information content (AvgIpc) is 3.38. The second kappa shape index (κ2) is 9.87. The second-order valence-corrected chi connectivity index (χ2v) is 9.55. The molecule has 2 N–H and O–H groups in total. The number of carbonyl (C=O) groups excluding carboxylic acids is 2. The molecule has 0 aliphatic heterocycles. The largest absolute Gasteiger partial charge is 0.497 e. The third kappa shape index (κ3) is 5.19. The van der Waals surface area contributed by atoms with Crippen LogP contribution in [-0.4, -0.2) is 41.5 Å². The smallest absolute Gasteiger partial charge is 0.263 e. The number of hydrogen-bond acceptors (Lipinski definition) is 5. The SMILES string of the molecule is COc1ccc(CC(=O)N(CCc2c[nH]c3ccccc23)c2ncc(C(=O)NC3CC3)s2)c(F)c1. The number of amides is 2. The normalized spacial score (nSPS) is 13.1. The summed E-state index contributed by atoms with van der Waals surface area (Å²) in [5.74, 6) is -0.585. The van der Waals surface area contributed by atoms with Crippen molar-refractivity contribution in [2.45, 2.75) is 31.7 Å². The summed E-state index contributed by atoms with van der Waals surface area (Å²) < 4.78 is 19.6. The van der Waals surface area contributed by atoms with Gasteiger partial charge in [0.1, 0.15) is 16.4 Å². The van der Waals surface area contributed by atoms with Crippen LogP contribution in [0, 0.1) is 5.82 Å². The first-order valence-electron chi connectivity index (χ1n) is 11.5. The van der Waals surface area contributed by atoms with E-state index in [1.54, 1.807) is 17.0 Å². The van der Waals surface area contributed by atoms with Gasteiger partial charge in [-0.15, -0.1) is 0 Å². The molecular weight excluding hydrogens is 467 g/mol. The van der Waals surface area contributed by atoms with Crippen LogP contribution in [0.25, 0.3) is 10.9 Å². The van der Waals surface area contributed by atoms with E-state index in [9.17, 15) is 14.0 Å². The van der Waals surface area contributed by atoms with Crippen LogP contribution < -0.4 is 15.0 Å². The molecule has 0 saturated heterocycles. The first kappa shape index (κ1) is 23.0. The van der Waals surface area contributed by atoms with Crippen molar-refractivity contribution in [2.24, 2.45) is 0 Å². The fourth-order valence-electron chi connectivity index (χ4n) is 3.93. The van der Waals surface area contributed by atoms with E-state index in [0.717, 1.165) is 29.3 Å². The van der Waals surface area contributed by atoms with E-state index in [0.29, 0.717) is 28.7 Å². The molecule has 2 heterocycles. The minimum Gasteiger partial charge on any atom is -0.497 e. The lowest BCUT2D eigenvalue weighted by Gasteiger charge is -2.20. The number of hydrogen-bond donors (Lipinski definition) is 2. The van der Waals surface area contributed by atoms with Crippen molar-refractivity contribution in [1.29, 1.82) is 0 Å². The van der Waals surface area contributed by atoms with Crippen LogP contribution in [0.2, 0.25) is 0 Å². The summed E-state index contributed by atoms with van der Waals surface area (Å²) in [6.07, 6.45) is 5.85. The van der Waals surface area contributed by atoms with Gasteiger partial charge < -0.3 is 15.0 Å². The number of nitrogens with one attached hydrogen (secondary N) is 2. The fourth-order valence-corrected chi connectivity index (χ4v) is 4.80. The Bertz CT molecular complexity index is 1380. The molecular formula is C26H25FN4O3S. The minimum absolute atomic E-state index is 0.132. The van der Waals surface area contributed by atoms with Crippen LogP contribution in [0.5, 0.6) is 5.75 Å². The van der Waals surface area contributed by atoms with Crippen LogP contribution in [-0.2, 0) is 17.6 Å². The van der Waals surface area contributed by atoms with Gasteiger partial charge in [-0.2, -0.15) is 0 Å². The Morgan fingerprint density at radius 1 is 1.23 bits per heavy atom. The third-order valence-corrected chi connectivity index (χ3v) is 7.06. The van der Waals surface area contributed by atoms with E-state index in [1.807, 2.05) is 30.5 Å². The summed E-state index contributed by atoms with van der Waals surface area (Å²) in [6, 6.07) is 12.6. The quantitative estimate of drug-likeness (QED) is 0.361. The van der Waals surface area contributed by atoms with Gasteiger partial charge in [0.25, 0.3) is 5.91 Å². The first-order chi connectivity index (χ1) is 17.0. The molecule has 0 radical (unpaired) electrons. The number of anilines is 1. The van der Waals surface area contributed by atoms with Gasteiger partial charge in [-0.25, -0.2) is 9.37 Å². The van der Waals surface area contributed by atoms with Gasteiger partial charge in [0.05, 0.1) is 19.7 Å². The van der Waals surface area contributed by atoms with Gasteiger partial charge in [-0.05, 0) is 42.5 Å². The van der Waals surface area contributed by atoms with Crippen LogP contribution in [0.15, 0.2) is 54.9 Å². The van der Waals surface area contributed by atoms with E-state index >= 15 is 0 Å². The molecule has 180 valence electrons. The Labute approximate surface area is 205 Å². The van der Waals surface area contributed by atoms with Crippen LogP contribution in [0.1, 0.15) is 33.6 Å². The number of aromatic amines is 1. The van der Waals surface area contributed by atoms with Gasteiger partial charge >= 0.3 is 0 Å². The first-order valence-corrected chi connectivity index (χ1v) is 12.3. The molecule has 1 saturated carbocycles. The fraction of sp³-hybridized carbons (Fsp3) is 0.269. The number of carbonyl (C=O) groups is 2. The Kier molecular flexibility index (Phi) is 6.50. The number of fused-ring (bicyclic) bond motifs is 1. The number of H-pyrrole nitrogens is 1. The predicted octanol–water partition coefficient (Wildman–Crippen LogP) is 4.48. The number of halogens is 1. The molecule has 0 spiro atoms. The zero-order chi connectivity index (χ0) is 24.4. The zero-order valence-electron chi connectivity index (χ0n) is 19.2. The lowest BCUT2D eigenvalue weighted by Crippen LogP contribution is -2.34. The second-order valence-electron chi connectivity index (χ2n) is 8.54. The lowest BCUT2D eigenvalue weighted by molar-refractivity contribution is -0.118. The molecule has 2 amide bonds. The minimum atomic E-state index is -0.502. The van der Waals surface area contributed by atoms with Crippen molar-refractivity contribution in [3.05, 3.63) is 76.7 Å². The number of benzene rings is 2. The maximum Gasteiger partial charge on any atom is 0.263 e. The summed E-state index contributed by atoms with van der Waals surface area (Å²) in [4.78, 5) is 35.5. The number of ether oxygens (including phenoxy) is 1. The standard InChI is InChI=1S/C26H25FN4O3S/c1-34-19-9-6-16(21(27)13-19)12-24(32)31(11-10-17-14-28-22-5-3-2-4-20(17)22)26-29-15-23(35-26)25(33)30-18-7-8-18/h2-6,9,13-15,18,28H,7-8,10-12H2,1H3,(H,30,33). The molecule has 0 bridgehead atoms. The molecule has 0 atom stereocenters. The van der Waals surface area contributed by atoms with E-state index < -0.39 is 5.82 Å². The van der Waals surface area contributed by atoms with Crippen molar-refractivity contribution in [3.8, 4) is 5.75 Å². The van der Waals surface area contributed by atoms with Gasteiger partial charge in [0.15, 0.2) is 5.13 Å². The number of rotatable bonds is 9. The Hall–Kier alpha value is -3.72. The van der Waals surface area contributed by atoms with Gasteiger partial charge in [-0.1, -0.05) is 35.6 Å². The molecule has 2 aromatic carbocycles. The maximum atomic E-state index is 14.6. The Balaban J connectivity index is 1.38. The highest BCUT2D eigenvalue weighted by Crippen LogP contribution is 2.27. The summed E-state index contributed by atoms with van der Waals surface area (Å²) in [5.41, 5.74) is 2.36. The van der Waals surface area contributed by atoms with Crippen LogP contribution in [0.4, 0.5) is 9.52 Å². The molecule has 35 heavy (non-hydrogen) atoms. The highest BCUT2D eigenvalue weighted by molar-refractivity contribution is 7.17. The van der Waals surface area contributed by atoms with Gasteiger partial charge in [0.2, 0.25) is 5.91 Å². The highest BCUT2D eigenvalue weighted by atomic mass is 32.1. The zero-order valence-corrected chi connectivity index (χ0v) is 20.0. The Morgan fingerprint density at radius 2 is 2.06 bits per heavy atom. The van der Waals surface area contributed by atoms with Crippen molar-refractivity contribution < 1.29 is 18.7 Å². The lowest BCUT2D eigenvalue weighted by atomic mass is 10.1. The number of thiazole rings is 1. The predicted molar refractivity (Wildman–Crippen MR) is 134 cm³/mol. The topological polar surface area (TPSA) is 87.3 Å². The number of aromatic nitrogens is 2. The van der Waals surface area contributed by atoms with Gasteiger partial charge in [0, 0.05) is 35.8 Å². The van der Waals surface area contributed by atoms with Gasteiger partial charge in [-0.3, -0.25) is 14.5 Å². The molecule has 0 unspecified atom stereocenters. The van der Waals surface area contributed by atoms with E-state index in [2.05, 4.69) is 15.3 Å². The summed E-state index contributed by atoms with van der Waals surface area (Å²) in [5, 5.41) is 4.46. The maximum absolute atomic E-state index is 14.6. The molecule has 1 aliphatic carbocycles. The number of para-hydroxylation sites is 1. The third-order valence-electron chi connectivity index (χ3n) is 6.04. The average molecular weight is 493 g/mol. The molecule has 1 fully saturated rings.